The quantitative estimate of drug-likeness (QED) is 0.422. The molecule has 0 aliphatic rings. The van der Waals surface area contributed by atoms with E-state index in [1.807, 2.05) is 48.7 Å². The third-order valence-corrected chi connectivity index (χ3v) is 4.14. The van der Waals surface area contributed by atoms with Gasteiger partial charge < -0.3 is 15.0 Å². The summed E-state index contributed by atoms with van der Waals surface area (Å²) in [5.41, 5.74) is 3.10. The number of carbonyl (C=O) groups excluding carboxylic acids is 1. The van der Waals surface area contributed by atoms with Gasteiger partial charge in [-0.1, -0.05) is 6.07 Å². The number of aromatic hydroxyl groups is 1. The number of aromatic nitrogens is 2. The van der Waals surface area contributed by atoms with Gasteiger partial charge in [-0.25, -0.2) is 4.98 Å². The molecule has 0 fully saturated rings. The number of benzene rings is 1. The first-order chi connectivity index (χ1) is 13.0. The minimum Gasteiger partial charge on any atom is -0.508 e. The van der Waals surface area contributed by atoms with Gasteiger partial charge in [-0.2, -0.15) is 5.26 Å². The third kappa shape index (κ3) is 3.88. The standard InChI is InChI=1S/C21H18N4O2/c1-14-11-16(15(2)25(14)20-5-3-4-10-23-20)12-17(13-22)21(27)24-18-6-8-19(26)9-7-18/h3-12,26H,1-2H3,(H,24,27). The van der Waals surface area contributed by atoms with Crippen molar-refractivity contribution < 1.29 is 9.90 Å². The van der Waals surface area contributed by atoms with Gasteiger partial charge in [0.05, 0.1) is 0 Å². The minimum absolute atomic E-state index is 0.00986. The molecule has 0 unspecified atom stereocenters. The second-order valence-electron chi connectivity index (χ2n) is 6.02. The van der Waals surface area contributed by atoms with E-state index in [0.29, 0.717) is 5.69 Å². The highest BCUT2D eigenvalue weighted by Gasteiger charge is 2.14. The Kier molecular flexibility index (Phi) is 5.04. The second kappa shape index (κ2) is 7.58. The molecular formula is C21H18N4O2. The molecule has 3 aromatic rings. The zero-order valence-electron chi connectivity index (χ0n) is 15.0. The Balaban J connectivity index is 1.91. The SMILES string of the molecule is Cc1cc(C=C(C#N)C(=O)Nc2ccc(O)cc2)c(C)n1-c1ccccn1. The molecule has 0 saturated carbocycles. The Hall–Kier alpha value is -3.85. The molecule has 134 valence electrons. The van der Waals surface area contributed by atoms with Crippen molar-refractivity contribution in [2.75, 3.05) is 5.32 Å². The first-order valence-corrected chi connectivity index (χ1v) is 8.32. The minimum atomic E-state index is -0.508. The number of anilines is 1. The fourth-order valence-electron chi connectivity index (χ4n) is 2.82. The molecule has 0 radical (unpaired) electrons. The fourth-order valence-corrected chi connectivity index (χ4v) is 2.82. The first kappa shape index (κ1) is 18.0. The maximum Gasteiger partial charge on any atom is 0.266 e. The van der Waals surface area contributed by atoms with E-state index in [0.717, 1.165) is 22.8 Å². The number of nitriles is 1. The van der Waals surface area contributed by atoms with Crippen LogP contribution in [0.2, 0.25) is 0 Å². The van der Waals surface area contributed by atoms with Gasteiger partial charge >= 0.3 is 0 Å². The molecule has 0 saturated heterocycles. The number of pyridine rings is 1. The van der Waals surface area contributed by atoms with Crippen LogP contribution < -0.4 is 5.32 Å². The number of hydrogen-bond donors (Lipinski definition) is 2. The molecule has 0 aliphatic carbocycles. The van der Waals surface area contributed by atoms with Crippen LogP contribution in [0, 0.1) is 25.2 Å². The van der Waals surface area contributed by atoms with E-state index < -0.39 is 5.91 Å². The van der Waals surface area contributed by atoms with Crippen LogP contribution >= 0.6 is 0 Å². The molecule has 2 heterocycles. The maximum absolute atomic E-state index is 12.4. The largest absolute Gasteiger partial charge is 0.508 e. The van der Waals surface area contributed by atoms with Crippen molar-refractivity contribution in [3.8, 4) is 17.6 Å². The summed E-state index contributed by atoms with van der Waals surface area (Å²) >= 11 is 0. The summed E-state index contributed by atoms with van der Waals surface area (Å²) in [5, 5.41) is 21.4. The number of nitrogens with one attached hydrogen (secondary N) is 1. The molecule has 0 aliphatic heterocycles. The Bertz CT molecular complexity index is 1040. The normalized spacial score (nSPS) is 11.1. The Morgan fingerprint density at radius 2 is 1.96 bits per heavy atom. The van der Waals surface area contributed by atoms with Crippen LogP contribution in [-0.2, 0) is 4.79 Å². The second-order valence-corrected chi connectivity index (χ2v) is 6.02. The van der Waals surface area contributed by atoms with Crippen molar-refractivity contribution in [3.05, 3.63) is 77.3 Å². The Morgan fingerprint density at radius 1 is 1.22 bits per heavy atom. The number of amides is 1. The van der Waals surface area contributed by atoms with E-state index in [9.17, 15) is 15.2 Å². The van der Waals surface area contributed by atoms with Crippen LogP contribution in [0.25, 0.3) is 11.9 Å². The number of hydrogen-bond acceptors (Lipinski definition) is 4. The van der Waals surface area contributed by atoms with E-state index in [2.05, 4.69) is 10.3 Å². The predicted octanol–water partition coefficient (Wildman–Crippen LogP) is 3.74. The number of phenols is 1. The average Bonchev–Trinajstić information content (AvgIpc) is 2.95. The zero-order valence-corrected chi connectivity index (χ0v) is 15.0. The van der Waals surface area contributed by atoms with E-state index in [1.165, 1.54) is 12.1 Å². The molecule has 6 heteroatoms. The zero-order chi connectivity index (χ0) is 19.4. The number of aryl methyl sites for hydroxylation is 1. The fraction of sp³-hybridized carbons (Fsp3) is 0.0952. The number of rotatable bonds is 4. The number of carbonyl (C=O) groups is 1. The molecule has 0 atom stereocenters. The van der Waals surface area contributed by atoms with Gasteiger partial charge in [0.1, 0.15) is 23.2 Å². The molecule has 0 spiro atoms. The van der Waals surface area contributed by atoms with Gasteiger partial charge in [-0.3, -0.25) is 4.79 Å². The van der Waals surface area contributed by atoms with Gasteiger partial charge in [0, 0.05) is 23.3 Å². The topological polar surface area (TPSA) is 90.9 Å². The van der Waals surface area contributed by atoms with Crippen LogP contribution in [0.3, 0.4) is 0 Å². The van der Waals surface area contributed by atoms with Crippen molar-refractivity contribution >= 4 is 17.7 Å². The highest BCUT2D eigenvalue weighted by atomic mass is 16.3. The number of nitrogens with zero attached hydrogens (tertiary/aromatic N) is 3. The molecule has 3 rings (SSSR count). The average molecular weight is 358 g/mol. The summed E-state index contributed by atoms with van der Waals surface area (Å²) in [4.78, 5) is 16.8. The summed E-state index contributed by atoms with van der Waals surface area (Å²) in [6, 6.07) is 15.6. The third-order valence-electron chi connectivity index (χ3n) is 4.14. The van der Waals surface area contributed by atoms with Gasteiger partial charge in [0.25, 0.3) is 5.91 Å². The van der Waals surface area contributed by atoms with Crippen molar-refractivity contribution in [2.45, 2.75) is 13.8 Å². The van der Waals surface area contributed by atoms with E-state index >= 15 is 0 Å². The lowest BCUT2D eigenvalue weighted by atomic mass is 10.1. The Labute approximate surface area is 157 Å². The van der Waals surface area contributed by atoms with E-state index in [1.54, 1.807) is 24.4 Å². The van der Waals surface area contributed by atoms with Crippen LogP contribution in [0.1, 0.15) is 17.0 Å². The summed E-state index contributed by atoms with van der Waals surface area (Å²) in [5.74, 6) is 0.371. The van der Waals surface area contributed by atoms with Crippen molar-refractivity contribution in [1.29, 1.82) is 5.26 Å². The van der Waals surface area contributed by atoms with E-state index in [4.69, 9.17) is 0 Å². The molecule has 2 N–H and O–H groups in total. The van der Waals surface area contributed by atoms with Gasteiger partial charge in [-0.05, 0) is 68.0 Å². The van der Waals surface area contributed by atoms with Crippen molar-refractivity contribution in [2.24, 2.45) is 0 Å². The molecule has 1 amide bonds. The highest BCUT2D eigenvalue weighted by molar-refractivity contribution is 6.09. The molecule has 6 nitrogen and oxygen atoms in total. The summed E-state index contributed by atoms with van der Waals surface area (Å²) < 4.78 is 1.97. The Morgan fingerprint density at radius 3 is 2.59 bits per heavy atom. The summed E-state index contributed by atoms with van der Waals surface area (Å²) in [7, 11) is 0. The van der Waals surface area contributed by atoms with Crippen molar-refractivity contribution in [3.63, 3.8) is 0 Å². The first-order valence-electron chi connectivity index (χ1n) is 8.32. The lowest BCUT2D eigenvalue weighted by Crippen LogP contribution is -2.13. The van der Waals surface area contributed by atoms with Gasteiger partial charge in [0.15, 0.2) is 0 Å². The lowest BCUT2D eigenvalue weighted by Gasteiger charge is -2.08. The predicted molar refractivity (Wildman–Crippen MR) is 103 cm³/mol. The summed E-state index contributed by atoms with van der Waals surface area (Å²) in [6.45, 7) is 3.86. The van der Waals surface area contributed by atoms with E-state index in [-0.39, 0.29) is 11.3 Å². The molecular weight excluding hydrogens is 340 g/mol. The lowest BCUT2D eigenvalue weighted by molar-refractivity contribution is -0.112. The molecule has 2 aromatic heterocycles. The molecule has 0 bridgehead atoms. The number of phenolic OH excluding ortho intramolecular Hbond substituents is 1. The maximum atomic E-state index is 12.4. The van der Waals surface area contributed by atoms with Crippen LogP contribution in [0.15, 0.2) is 60.3 Å². The highest BCUT2D eigenvalue weighted by Crippen LogP contribution is 2.22. The van der Waals surface area contributed by atoms with Crippen LogP contribution in [0.5, 0.6) is 5.75 Å². The van der Waals surface area contributed by atoms with Gasteiger partial charge in [0.2, 0.25) is 0 Å². The summed E-state index contributed by atoms with van der Waals surface area (Å²) in [6.07, 6.45) is 3.28. The van der Waals surface area contributed by atoms with Crippen molar-refractivity contribution in [1.82, 2.24) is 9.55 Å². The van der Waals surface area contributed by atoms with Gasteiger partial charge in [-0.15, -0.1) is 0 Å². The molecule has 27 heavy (non-hydrogen) atoms. The smallest absolute Gasteiger partial charge is 0.266 e. The van der Waals surface area contributed by atoms with Crippen LogP contribution in [0.4, 0.5) is 5.69 Å². The monoisotopic (exact) mass is 358 g/mol. The molecule has 1 aromatic carbocycles. The van der Waals surface area contributed by atoms with Crippen LogP contribution in [-0.4, -0.2) is 20.6 Å².